The molecule has 1 N–H and O–H groups in total. The molecule has 0 radical (unpaired) electrons. The number of rotatable bonds is 3. The van der Waals surface area contributed by atoms with E-state index in [1.54, 1.807) is 18.5 Å². The molecule has 3 heterocycles. The molecule has 8 nitrogen and oxygen atoms in total. The van der Waals surface area contributed by atoms with E-state index in [2.05, 4.69) is 49.7 Å². The van der Waals surface area contributed by atoms with Gasteiger partial charge in [0.05, 0.1) is 34.3 Å². The number of fused-ring (bicyclic) bond motifs is 5. The Morgan fingerprint density at radius 2 is 1.84 bits per heavy atom. The number of nitrogens with one attached hydrogen (secondary N) is 1. The normalized spacial score (nSPS) is 22.8. The Balaban J connectivity index is 1.54. The Morgan fingerprint density at radius 1 is 1.03 bits per heavy atom. The number of benzene rings is 1. The number of tetrazole rings is 1. The second kappa shape index (κ2) is 6.41. The monoisotopic (exact) mass is 432 g/mol. The van der Waals surface area contributed by atoms with Crippen molar-refractivity contribution in [2.75, 3.05) is 0 Å². The largest absolute Gasteiger partial charge is 0.260 e. The number of hydrogen-bond donors (Lipinski definition) is 1. The van der Waals surface area contributed by atoms with Crippen LogP contribution in [0.15, 0.2) is 36.7 Å². The summed E-state index contributed by atoms with van der Waals surface area (Å²) in [6, 6.07) is 5.58. The first-order valence-corrected chi connectivity index (χ1v) is 10.3. The zero-order valence-corrected chi connectivity index (χ0v) is 17.3. The van der Waals surface area contributed by atoms with E-state index in [1.165, 1.54) is 18.2 Å². The number of nitrogens with zero attached hydrogens (tertiary/aromatic N) is 7. The van der Waals surface area contributed by atoms with E-state index in [4.69, 9.17) is 4.98 Å². The lowest BCUT2D eigenvalue weighted by atomic mass is 9.66. The quantitative estimate of drug-likeness (QED) is 0.527. The Kier molecular flexibility index (Phi) is 3.81. The highest BCUT2D eigenvalue weighted by Gasteiger charge is 2.65. The second-order valence-electron chi connectivity index (χ2n) is 8.89. The summed E-state index contributed by atoms with van der Waals surface area (Å²) in [5, 5.41) is 22.7. The molecule has 1 saturated carbocycles. The summed E-state index contributed by atoms with van der Waals surface area (Å²) in [7, 11) is 0. The van der Waals surface area contributed by atoms with Crippen LogP contribution < -0.4 is 0 Å². The standard InChI is InChI=1S/C22H18F2N8/c1-21(2)12-6-7-22(21,17-10-25-9-16(26-17)20-29-31-32-30-20)19-11(12)8-15(27-28-19)18-13(23)4-3-5-14(18)24/h3-5,8-10,12H,6-7H2,1-2H3,(H,29,30,31,32)/t12-,22-/m0/s1. The highest BCUT2D eigenvalue weighted by atomic mass is 19.1. The van der Waals surface area contributed by atoms with Crippen LogP contribution >= 0.6 is 0 Å². The van der Waals surface area contributed by atoms with Crippen molar-refractivity contribution in [1.82, 2.24) is 40.8 Å². The third-order valence-corrected chi connectivity index (χ3v) is 7.26. The molecule has 2 aliphatic carbocycles. The number of hydrogen-bond acceptors (Lipinski definition) is 7. The van der Waals surface area contributed by atoms with E-state index < -0.39 is 17.0 Å². The van der Waals surface area contributed by atoms with E-state index in [0.29, 0.717) is 11.5 Å². The molecule has 2 bridgehead atoms. The molecule has 0 aliphatic heterocycles. The van der Waals surface area contributed by atoms with Gasteiger partial charge in [-0.25, -0.2) is 18.9 Å². The lowest BCUT2D eigenvalue weighted by molar-refractivity contribution is 0.242. The molecule has 0 spiro atoms. The molecular weight excluding hydrogens is 414 g/mol. The van der Waals surface area contributed by atoms with Crippen molar-refractivity contribution >= 4 is 0 Å². The first-order valence-electron chi connectivity index (χ1n) is 10.3. The molecule has 0 unspecified atom stereocenters. The molecule has 0 saturated heterocycles. The van der Waals surface area contributed by atoms with Crippen molar-refractivity contribution in [3.05, 3.63) is 65.2 Å². The third kappa shape index (κ3) is 2.32. The van der Waals surface area contributed by atoms with E-state index in [9.17, 15) is 8.78 Å². The van der Waals surface area contributed by atoms with Crippen LogP contribution in [0.2, 0.25) is 0 Å². The fraction of sp³-hybridized carbons (Fsp3) is 0.318. The lowest BCUT2D eigenvalue weighted by Crippen LogP contribution is -2.38. The zero-order chi connectivity index (χ0) is 22.1. The van der Waals surface area contributed by atoms with Crippen molar-refractivity contribution in [3.63, 3.8) is 0 Å². The average Bonchev–Trinajstić information content (AvgIpc) is 3.45. The van der Waals surface area contributed by atoms with Gasteiger partial charge in [-0.2, -0.15) is 5.10 Å². The molecule has 10 heteroatoms. The maximum absolute atomic E-state index is 14.4. The maximum atomic E-state index is 14.4. The van der Waals surface area contributed by atoms with Crippen LogP contribution in [0.4, 0.5) is 8.78 Å². The van der Waals surface area contributed by atoms with Crippen LogP contribution in [0.3, 0.4) is 0 Å². The van der Waals surface area contributed by atoms with Gasteiger partial charge in [0.2, 0.25) is 0 Å². The molecule has 0 amide bonds. The highest BCUT2D eigenvalue weighted by molar-refractivity contribution is 5.64. The van der Waals surface area contributed by atoms with Gasteiger partial charge in [0.1, 0.15) is 17.3 Å². The summed E-state index contributed by atoms with van der Waals surface area (Å²) in [4.78, 5) is 9.24. The first kappa shape index (κ1) is 19.0. The summed E-state index contributed by atoms with van der Waals surface area (Å²) in [6.07, 6.45) is 5.08. The molecule has 1 aromatic carbocycles. The van der Waals surface area contributed by atoms with E-state index in [-0.39, 0.29) is 22.6 Å². The first-order chi connectivity index (χ1) is 15.4. The van der Waals surface area contributed by atoms with Gasteiger partial charge in [0, 0.05) is 6.20 Å². The van der Waals surface area contributed by atoms with Gasteiger partial charge in [-0.3, -0.25) is 4.98 Å². The van der Waals surface area contributed by atoms with Gasteiger partial charge in [-0.15, -0.1) is 10.2 Å². The highest BCUT2D eigenvalue weighted by Crippen LogP contribution is 2.69. The fourth-order valence-electron chi connectivity index (χ4n) is 5.71. The topological polar surface area (TPSA) is 106 Å². The maximum Gasteiger partial charge on any atom is 0.199 e. The average molecular weight is 432 g/mol. The number of aromatic nitrogens is 8. The Hall–Kier alpha value is -3.69. The Morgan fingerprint density at radius 3 is 2.59 bits per heavy atom. The predicted molar refractivity (Wildman–Crippen MR) is 109 cm³/mol. The molecule has 4 aromatic rings. The zero-order valence-electron chi connectivity index (χ0n) is 17.3. The fourth-order valence-corrected chi connectivity index (χ4v) is 5.71. The van der Waals surface area contributed by atoms with Gasteiger partial charge >= 0.3 is 0 Å². The predicted octanol–water partition coefficient (Wildman–Crippen LogP) is 3.60. The molecule has 2 atom stereocenters. The molecule has 1 fully saturated rings. The van der Waals surface area contributed by atoms with Crippen molar-refractivity contribution < 1.29 is 8.78 Å². The smallest absolute Gasteiger partial charge is 0.199 e. The van der Waals surface area contributed by atoms with Gasteiger partial charge in [0.15, 0.2) is 5.82 Å². The lowest BCUT2D eigenvalue weighted by Gasteiger charge is -2.37. The minimum absolute atomic E-state index is 0.152. The molecule has 2 aliphatic rings. The molecule has 160 valence electrons. The summed E-state index contributed by atoms with van der Waals surface area (Å²) >= 11 is 0. The van der Waals surface area contributed by atoms with Crippen molar-refractivity contribution in [1.29, 1.82) is 0 Å². The van der Waals surface area contributed by atoms with Crippen molar-refractivity contribution in [2.45, 2.75) is 38.0 Å². The van der Waals surface area contributed by atoms with Crippen LogP contribution in [0.1, 0.15) is 49.6 Å². The van der Waals surface area contributed by atoms with Gasteiger partial charge in [0.25, 0.3) is 0 Å². The minimum Gasteiger partial charge on any atom is -0.260 e. The SMILES string of the molecule is CC1(C)[C@H]2CC[C@]1(c1cncc(-c3nnn[nH]3)n1)c1nnc(-c3c(F)cccc3F)cc12. The second-order valence-corrected chi connectivity index (χ2v) is 8.89. The number of aromatic amines is 1. The van der Waals surface area contributed by atoms with E-state index in [0.717, 1.165) is 29.8 Å². The molecular formula is C22H18F2N8. The van der Waals surface area contributed by atoms with Gasteiger partial charge in [-0.05, 0) is 58.4 Å². The summed E-state index contributed by atoms with van der Waals surface area (Å²) in [5.74, 6) is -0.733. The van der Waals surface area contributed by atoms with Gasteiger partial charge < -0.3 is 0 Å². The summed E-state index contributed by atoms with van der Waals surface area (Å²) in [6.45, 7) is 4.36. The molecule has 32 heavy (non-hydrogen) atoms. The van der Waals surface area contributed by atoms with E-state index >= 15 is 0 Å². The molecule has 3 aromatic heterocycles. The van der Waals surface area contributed by atoms with Crippen LogP contribution in [0.5, 0.6) is 0 Å². The Labute approximate surface area is 181 Å². The third-order valence-electron chi connectivity index (χ3n) is 7.26. The number of H-pyrrole nitrogens is 1. The van der Waals surface area contributed by atoms with Crippen LogP contribution in [-0.2, 0) is 5.41 Å². The molecule has 6 rings (SSSR count). The summed E-state index contributed by atoms with van der Waals surface area (Å²) in [5.41, 5.74) is 2.32. The minimum atomic E-state index is -0.657. The number of halogens is 2. The summed E-state index contributed by atoms with van der Waals surface area (Å²) < 4.78 is 28.8. The van der Waals surface area contributed by atoms with E-state index in [1.807, 2.05) is 0 Å². The van der Waals surface area contributed by atoms with Crippen molar-refractivity contribution in [2.24, 2.45) is 5.41 Å². The van der Waals surface area contributed by atoms with Gasteiger partial charge in [-0.1, -0.05) is 19.9 Å². The van der Waals surface area contributed by atoms with Crippen LogP contribution in [0, 0.1) is 17.0 Å². The van der Waals surface area contributed by atoms with Crippen molar-refractivity contribution in [3.8, 4) is 22.8 Å². The Bertz CT molecular complexity index is 1330. The van der Waals surface area contributed by atoms with Crippen LogP contribution in [-0.4, -0.2) is 40.8 Å². The van der Waals surface area contributed by atoms with Crippen LogP contribution in [0.25, 0.3) is 22.8 Å².